The van der Waals surface area contributed by atoms with Crippen molar-refractivity contribution < 1.29 is 14.6 Å². The zero-order valence-electron chi connectivity index (χ0n) is 14.9. The Kier molecular flexibility index (Phi) is 4.78. The Morgan fingerprint density at radius 1 is 1.04 bits per heavy atom. The topological polar surface area (TPSA) is 67.6 Å². The monoisotopic (exact) mass is 363 g/mol. The van der Waals surface area contributed by atoms with Crippen LogP contribution < -0.4 is 0 Å². The summed E-state index contributed by atoms with van der Waals surface area (Å²) in [5.41, 5.74) is 3.66. The van der Waals surface area contributed by atoms with Gasteiger partial charge in [0.05, 0.1) is 24.3 Å². The number of rotatable bonds is 5. The van der Waals surface area contributed by atoms with Gasteiger partial charge in [-0.25, -0.2) is 9.78 Å². The first kappa shape index (κ1) is 17.1. The Morgan fingerprint density at radius 2 is 1.85 bits per heavy atom. The number of hydrogen-bond donors (Lipinski definition) is 1. The molecule has 0 bridgehead atoms. The van der Waals surface area contributed by atoms with Crippen molar-refractivity contribution >= 4 is 6.09 Å². The van der Waals surface area contributed by atoms with Crippen molar-refractivity contribution in [2.24, 2.45) is 0 Å². The predicted octanol–water partition coefficient (Wildman–Crippen LogP) is 3.77. The number of amides is 1. The SMILES string of the molecule is O=C1OCCCN1CCn1cnc(-c2ccccc2)c1-c1cccc(O)c1. The third kappa shape index (κ3) is 3.65. The van der Waals surface area contributed by atoms with Crippen molar-refractivity contribution in [3.05, 3.63) is 60.9 Å². The molecule has 0 atom stereocenters. The maximum Gasteiger partial charge on any atom is 0.409 e. The molecule has 1 aromatic heterocycles. The molecule has 2 aromatic carbocycles. The van der Waals surface area contributed by atoms with E-state index in [-0.39, 0.29) is 11.8 Å². The first-order valence-corrected chi connectivity index (χ1v) is 9.04. The van der Waals surface area contributed by atoms with Crippen molar-refractivity contribution in [3.8, 4) is 28.3 Å². The number of aromatic hydroxyl groups is 1. The minimum absolute atomic E-state index is 0.207. The highest BCUT2D eigenvalue weighted by molar-refractivity contribution is 5.79. The first-order valence-electron chi connectivity index (χ1n) is 9.04. The van der Waals surface area contributed by atoms with Gasteiger partial charge in [0.25, 0.3) is 0 Å². The number of ether oxygens (including phenoxy) is 1. The van der Waals surface area contributed by atoms with E-state index in [4.69, 9.17) is 4.74 Å². The van der Waals surface area contributed by atoms with E-state index in [1.807, 2.05) is 47.0 Å². The van der Waals surface area contributed by atoms with Gasteiger partial charge in [-0.05, 0) is 18.6 Å². The molecule has 6 heteroatoms. The third-order valence-corrected chi connectivity index (χ3v) is 4.67. The van der Waals surface area contributed by atoms with E-state index in [0.717, 1.165) is 28.9 Å². The van der Waals surface area contributed by atoms with E-state index in [1.165, 1.54) is 0 Å². The molecule has 0 unspecified atom stereocenters. The van der Waals surface area contributed by atoms with Crippen molar-refractivity contribution in [1.82, 2.24) is 14.5 Å². The second-order valence-corrected chi connectivity index (χ2v) is 6.51. The summed E-state index contributed by atoms with van der Waals surface area (Å²) in [6.45, 7) is 2.35. The summed E-state index contributed by atoms with van der Waals surface area (Å²) >= 11 is 0. The van der Waals surface area contributed by atoms with Crippen LogP contribution in [0.15, 0.2) is 60.9 Å². The largest absolute Gasteiger partial charge is 0.508 e. The second-order valence-electron chi connectivity index (χ2n) is 6.51. The molecule has 0 radical (unpaired) electrons. The highest BCUT2D eigenvalue weighted by Crippen LogP contribution is 2.32. The maximum atomic E-state index is 11.9. The zero-order valence-corrected chi connectivity index (χ0v) is 14.9. The summed E-state index contributed by atoms with van der Waals surface area (Å²) in [6, 6.07) is 17.1. The molecule has 4 rings (SSSR count). The molecule has 1 saturated heterocycles. The molecular formula is C21H21N3O3. The standard InChI is InChI=1S/C21H21N3O3/c25-18-9-4-8-17(14-18)20-19(16-6-2-1-3-7-16)22-15-24(20)12-11-23-10-5-13-27-21(23)26/h1-4,6-9,14-15,25H,5,10-13H2. The maximum absolute atomic E-state index is 11.9. The van der Waals surface area contributed by atoms with E-state index in [0.29, 0.717) is 26.2 Å². The fourth-order valence-corrected chi connectivity index (χ4v) is 3.34. The van der Waals surface area contributed by atoms with Gasteiger partial charge in [-0.2, -0.15) is 0 Å². The molecule has 1 fully saturated rings. The minimum Gasteiger partial charge on any atom is -0.508 e. The van der Waals surface area contributed by atoms with E-state index in [1.54, 1.807) is 23.4 Å². The van der Waals surface area contributed by atoms with Crippen LogP contribution in [0.4, 0.5) is 4.79 Å². The number of benzene rings is 2. The quantitative estimate of drug-likeness (QED) is 0.749. The van der Waals surface area contributed by atoms with Crippen LogP contribution >= 0.6 is 0 Å². The lowest BCUT2D eigenvalue weighted by Crippen LogP contribution is -2.39. The molecule has 0 saturated carbocycles. The Labute approximate surface area is 157 Å². The molecule has 1 amide bonds. The molecular weight excluding hydrogens is 342 g/mol. The van der Waals surface area contributed by atoms with Gasteiger partial charge < -0.3 is 19.3 Å². The summed E-state index contributed by atoms with van der Waals surface area (Å²) in [5, 5.41) is 9.93. The predicted molar refractivity (Wildman–Crippen MR) is 102 cm³/mol. The van der Waals surface area contributed by atoms with Gasteiger partial charge in [0, 0.05) is 30.8 Å². The van der Waals surface area contributed by atoms with Gasteiger partial charge in [-0.3, -0.25) is 0 Å². The number of phenolic OH excluding ortho intramolecular Hbond substituents is 1. The summed E-state index contributed by atoms with van der Waals surface area (Å²) < 4.78 is 7.14. The molecule has 1 aliphatic heterocycles. The number of cyclic esters (lactones) is 1. The molecule has 3 aromatic rings. The number of imidazole rings is 1. The number of carbonyl (C=O) groups is 1. The average Bonchev–Trinajstić information content (AvgIpc) is 3.12. The van der Waals surface area contributed by atoms with Crippen LogP contribution in [0.3, 0.4) is 0 Å². The van der Waals surface area contributed by atoms with Gasteiger partial charge in [-0.15, -0.1) is 0 Å². The average molecular weight is 363 g/mol. The van der Waals surface area contributed by atoms with Crippen molar-refractivity contribution in [2.45, 2.75) is 13.0 Å². The minimum atomic E-state index is -0.261. The molecule has 1 N–H and O–H groups in total. The van der Waals surface area contributed by atoms with Crippen molar-refractivity contribution in [2.75, 3.05) is 19.7 Å². The Bertz CT molecular complexity index is 937. The number of aromatic nitrogens is 2. The number of phenols is 1. The summed E-state index contributed by atoms with van der Waals surface area (Å²) in [4.78, 5) is 18.2. The van der Waals surface area contributed by atoms with Gasteiger partial charge >= 0.3 is 6.09 Å². The summed E-state index contributed by atoms with van der Waals surface area (Å²) in [7, 11) is 0. The van der Waals surface area contributed by atoms with E-state index in [9.17, 15) is 9.90 Å². The van der Waals surface area contributed by atoms with Crippen LogP contribution in [0.1, 0.15) is 6.42 Å². The van der Waals surface area contributed by atoms with Gasteiger partial charge in [0.15, 0.2) is 0 Å². The molecule has 0 aliphatic carbocycles. The fraction of sp³-hybridized carbons (Fsp3) is 0.238. The first-order chi connectivity index (χ1) is 13.2. The second kappa shape index (κ2) is 7.53. The van der Waals surface area contributed by atoms with Crippen LogP contribution in [-0.4, -0.2) is 45.3 Å². The van der Waals surface area contributed by atoms with E-state index < -0.39 is 0 Å². The number of hydrogen-bond acceptors (Lipinski definition) is 4. The Balaban J connectivity index is 1.69. The molecule has 6 nitrogen and oxygen atoms in total. The molecule has 1 aliphatic rings. The van der Waals surface area contributed by atoms with Crippen molar-refractivity contribution in [1.29, 1.82) is 0 Å². The lowest BCUT2D eigenvalue weighted by molar-refractivity contribution is 0.0716. The van der Waals surface area contributed by atoms with E-state index >= 15 is 0 Å². The molecule has 27 heavy (non-hydrogen) atoms. The number of nitrogens with zero attached hydrogens (tertiary/aromatic N) is 3. The summed E-state index contributed by atoms with van der Waals surface area (Å²) in [5.74, 6) is 0.207. The van der Waals surface area contributed by atoms with Crippen molar-refractivity contribution in [3.63, 3.8) is 0 Å². The smallest absolute Gasteiger partial charge is 0.409 e. The fourth-order valence-electron chi connectivity index (χ4n) is 3.34. The normalized spacial score (nSPS) is 14.2. The molecule has 0 spiro atoms. The Morgan fingerprint density at radius 3 is 2.63 bits per heavy atom. The van der Waals surface area contributed by atoms with Crippen LogP contribution in [0.2, 0.25) is 0 Å². The summed E-state index contributed by atoms with van der Waals surface area (Å²) in [6.07, 6.45) is 2.38. The highest BCUT2D eigenvalue weighted by atomic mass is 16.6. The third-order valence-electron chi connectivity index (χ3n) is 4.67. The van der Waals surface area contributed by atoms with Gasteiger partial charge in [-0.1, -0.05) is 42.5 Å². The van der Waals surface area contributed by atoms with Gasteiger partial charge in [0.2, 0.25) is 0 Å². The Hall–Kier alpha value is -3.28. The lowest BCUT2D eigenvalue weighted by Gasteiger charge is -2.26. The van der Waals surface area contributed by atoms with Crippen LogP contribution in [-0.2, 0) is 11.3 Å². The van der Waals surface area contributed by atoms with Crippen LogP contribution in [0.5, 0.6) is 5.75 Å². The molecule has 2 heterocycles. The van der Waals surface area contributed by atoms with Gasteiger partial charge in [0.1, 0.15) is 5.75 Å². The molecule has 138 valence electrons. The lowest BCUT2D eigenvalue weighted by atomic mass is 10.0. The van der Waals surface area contributed by atoms with Crippen LogP contribution in [0, 0.1) is 0 Å². The highest BCUT2D eigenvalue weighted by Gasteiger charge is 2.21. The zero-order chi connectivity index (χ0) is 18.6. The number of carbonyl (C=O) groups excluding carboxylic acids is 1. The van der Waals surface area contributed by atoms with E-state index in [2.05, 4.69) is 4.98 Å². The van der Waals surface area contributed by atoms with Crippen LogP contribution in [0.25, 0.3) is 22.5 Å².